The molecule has 2 rings (SSSR count). The molecule has 1 aromatic rings. The first-order valence-electron chi connectivity index (χ1n) is 7.30. The Morgan fingerprint density at radius 3 is 2.50 bits per heavy atom. The Balaban J connectivity index is 2.07. The molecule has 0 saturated carbocycles. The van der Waals surface area contributed by atoms with Gasteiger partial charge in [-0.1, -0.05) is 6.07 Å². The first-order chi connectivity index (χ1) is 9.62. The Morgan fingerprint density at radius 1 is 1.20 bits per heavy atom. The van der Waals surface area contributed by atoms with Crippen LogP contribution in [0, 0.1) is 0 Å². The van der Waals surface area contributed by atoms with Crippen molar-refractivity contribution in [1.82, 2.24) is 4.90 Å². The van der Waals surface area contributed by atoms with Crippen LogP contribution >= 0.6 is 0 Å². The molecule has 20 heavy (non-hydrogen) atoms. The Morgan fingerprint density at radius 2 is 1.90 bits per heavy atom. The largest absolute Gasteiger partial charge is 0.493 e. The lowest BCUT2D eigenvalue weighted by Gasteiger charge is -2.35. The minimum atomic E-state index is 0.295. The highest BCUT2D eigenvalue weighted by Crippen LogP contribution is 2.28. The number of methoxy groups -OCH3 is 1. The quantitative estimate of drug-likeness (QED) is 0.829. The summed E-state index contributed by atoms with van der Waals surface area (Å²) in [5.74, 6) is 1.61. The SMILES string of the molecule is CCOc1cc(CN2CC(C)OC(C)C2)ccc1OC. The Kier molecular flexibility index (Phi) is 5.26. The zero-order valence-corrected chi connectivity index (χ0v) is 12.9. The van der Waals surface area contributed by atoms with E-state index in [2.05, 4.69) is 30.9 Å². The maximum Gasteiger partial charge on any atom is 0.161 e. The van der Waals surface area contributed by atoms with Crippen molar-refractivity contribution in [3.8, 4) is 11.5 Å². The molecule has 0 N–H and O–H groups in total. The third kappa shape index (κ3) is 3.87. The molecular formula is C16H25NO3. The fraction of sp³-hybridized carbons (Fsp3) is 0.625. The molecule has 1 saturated heterocycles. The smallest absolute Gasteiger partial charge is 0.161 e. The highest BCUT2D eigenvalue weighted by molar-refractivity contribution is 5.42. The molecule has 0 radical (unpaired) electrons. The standard InChI is InChI=1S/C16H25NO3/c1-5-19-16-8-14(6-7-15(16)18-4)11-17-9-12(2)20-13(3)10-17/h6-8,12-13H,5,9-11H2,1-4H3. The van der Waals surface area contributed by atoms with Crippen LogP contribution in [0.15, 0.2) is 18.2 Å². The average Bonchev–Trinajstić information content (AvgIpc) is 2.38. The lowest BCUT2D eigenvalue weighted by Crippen LogP contribution is -2.44. The summed E-state index contributed by atoms with van der Waals surface area (Å²) in [6.07, 6.45) is 0.590. The van der Waals surface area contributed by atoms with E-state index in [1.165, 1.54) is 5.56 Å². The second-order valence-corrected chi connectivity index (χ2v) is 5.37. The van der Waals surface area contributed by atoms with Crippen molar-refractivity contribution in [3.63, 3.8) is 0 Å². The minimum absolute atomic E-state index is 0.295. The molecule has 2 unspecified atom stereocenters. The highest BCUT2D eigenvalue weighted by atomic mass is 16.5. The van der Waals surface area contributed by atoms with Crippen molar-refractivity contribution in [2.75, 3.05) is 26.8 Å². The van der Waals surface area contributed by atoms with E-state index in [0.717, 1.165) is 31.1 Å². The first kappa shape index (κ1) is 15.1. The van der Waals surface area contributed by atoms with E-state index in [-0.39, 0.29) is 0 Å². The van der Waals surface area contributed by atoms with Gasteiger partial charge >= 0.3 is 0 Å². The van der Waals surface area contributed by atoms with Crippen LogP contribution in [0.3, 0.4) is 0 Å². The van der Waals surface area contributed by atoms with Crippen molar-refractivity contribution in [1.29, 1.82) is 0 Å². The van der Waals surface area contributed by atoms with Gasteiger partial charge in [-0.2, -0.15) is 0 Å². The van der Waals surface area contributed by atoms with Crippen molar-refractivity contribution in [2.24, 2.45) is 0 Å². The van der Waals surface area contributed by atoms with E-state index in [0.29, 0.717) is 18.8 Å². The monoisotopic (exact) mass is 279 g/mol. The summed E-state index contributed by atoms with van der Waals surface area (Å²) in [6, 6.07) is 6.16. The van der Waals surface area contributed by atoms with Gasteiger partial charge in [0.25, 0.3) is 0 Å². The van der Waals surface area contributed by atoms with Gasteiger partial charge in [0.1, 0.15) is 0 Å². The summed E-state index contributed by atoms with van der Waals surface area (Å²) in [5, 5.41) is 0. The fourth-order valence-electron chi connectivity index (χ4n) is 2.76. The number of ether oxygens (including phenoxy) is 3. The third-order valence-corrected chi connectivity index (χ3v) is 3.43. The average molecular weight is 279 g/mol. The van der Waals surface area contributed by atoms with Crippen LogP contribution in [-0.4, -0.2) is 43.9 Å². The van der Waals surface area contributed by atoms with Gasteiger partial charge in [0, 0.05) is 19.6 Å². The van der Waals surface area contributed by atoms with Crippen LogP contribution in [-0.2, 0) is 11.3 Å². The van der Waals surface area contributed by atoms with Crippen LogP contribution in [0.25, 0.3) is 0 Å². The van der Waals surface area contributed by atoms with E-state index >= 15 is 0 Å². The lowest BCUT2D eigenvalue weighted by molar-refractivity contribution is -0.0705. The number of benzene rings is 1. The number of hydrogen-bond acceptors (Lipinski definition) is 4. The lowest BCUT2D eigenvalue weighted by atomic mass is 10.1. The predicted molar refractivity (Wildman–Crippen MR) is 79.4 cm³/mol. The van der Waals surface area contributed by atoms with Gasteiger partial charge < -0.3 is 14.2 Å². The summed E-state index contributed by atoms with van der Waals surface area (Å²) >= 11 is 0. The molecule has 1 aromatic carbocycles. The van der Waals surface area contributed by atoms with E-state index < -0.39 is 0 Å². The molecule has 1 fully saturated rings. The molecule has 0 aromatic heterocycles. The maximum absolute atomic E-state index is 5.77. The summed E-state index contributed by atoms with van der Waals surface area (Å²) in [5.41, 5.74) is 1.25. The molecule has 0 aliphatic carbocycles. The molecule has 112 valence electrons. The van der Waals surface area contributed by atoms with Crippen molar-refractivity contribution >= 4 is 0 Å². The molecule has 2 atom stereocenters. The second-order valence-electron chi connectivity index (χ2n) is 5.37. The summed E-state index contributed by atoms with van der Waals surface area (Å²) in [6.45, 7) is 9.75. The van der Waals surface area contributed by atoms with Gasteiger partial charge in [-0.05, 0) is 38.5 Å². The van der Waals surface area contributed by atoms with Crippen molar-refractivity contribution < 1.29 is 14.2 Å². The van der Waals surface area contributed by atoms with Gasteiger partial charge in [0.05, 0.1) is 25.9 Å². The normalized spacial score (nSPS) is 23.6. The van der Waals surface area contributed by atoms with Crippen LogP contribution in [0.5, 0.6) is 11.5 Å². The minimum Gasteiger partial charge on any atom is -0.493 e. The summed E-state index contributed by atoms with van der Waals surface area (Å²) < 4.78 is 16.7. The predicted octanol–water partition coefficient (Wildman–Crippen LogP) is 2.70. The van der Waals surface area contributed by atoms with Crippen molar-refractivity contribution in [3.05, 3.63) is 23.8 Å². The molecule has 0 amide bonds. The number of nitrogens with zero attached hydrogens (tertiary/aromatic N) is 1. The van der Waals surface area contributed by atoms with Crippen molar-refractivity contribution in [2.45, 2.75) is 39.5 Å². The maximum atomic E-state index is 5.77. The second kappa shape index (κ2) is 6.95. The first-order valence-corrected chi connectivity index (χ1v) is 7.30. The van der Waals surface area contributed by atoms with Gasteiger partial charge in [-0.3, -0.25) is 4.90 Å². The van der Waals surface area contributed by atoms with E-state index in [1.807, 2.05) is 13.0 Å². The summed E-state index contributed by atoms with van der Waals surface area (Å²) in [7, 11) is 1.67. The van der Waals surface area contributed by atoms with Gasteiger partial charge in [-0.15, -0.1) is 0 Å². The molecular weight excluding hydrogens is 254 g/mol. The molecule has 1 heterocycles. The van der Waals surface area contributed by atoms with Gasteiger partial charge in [0.15, 0.2) is 11.5 Å². The molecule has 4 nitrogen and oxygen atoms in total. The molecule has 1 aliphatic heterocycles. The summed E-state index contributed by atoms with van der Waals surface area (Å²) in [4.78, 5) is 2.43. The van der Waals surface area contributed by atoms with Gasteiger partial charge in [-0.25, -0.2) is 0 Å². The van der Waals surface area contributed by atoms with E-state index in [1.54, 1.807) is 7.11 Å². The van der Waals surface area contributed by atoms with Crippen LogP contribution in [0.4, 0.5) is 0 Å². The van der Waals surface area contributed by atoms with Gasteiger partial charge in [0.2, 0.25) is 0 Å². The number of morpholine rings is 1. The highest BCUT2D eigenvalue weighted by Gasteiger charge is 2.22. The number of rotatable bonds is 5. The van der Waals surface area contributed by atoms with E-state index in [9.17, 15) is 0 Å². The topological polar surface area (TPSA) is 30.9 Å². The van der Waals surface area contributed by atoms with Crippen LogP contribution < -0.4 is 9.47 Å². The Labute approximate surface area is 121 Å². The molecule has 1 aliphatic rings. The zero-order chi connectivity index (χ0) is 14.5. The van der Waals surface area contributed by atoms with E-state index in [4.69, 9.17) is 14.2 Å². The van der Waals surface area contributed by atoms with Crippen LogP contribution in [0.1, 0.15) is 26.3 Å². The Bertz CT molecular complexity index is 426. The molecule has 4 heteroatoms. The number of hydrogen-bond donors (Lipinski definition) is 0. The Hall–Kier alpha value is -1.26. The fourth-order valence-corrected chi connectivity index (χ4v) is 2.76. The zero-order valence-electron chi connectivity index (χ0n) is 12.9. The molecule has 0 bridgehead atoms. The van der Waals surface area contributed by atoms with Crippen LogP contribution in [0.2, 0.25) is 0 Å². The molecule has 0 spiro atoms. The third-order valence-electron chi connectivity index (χ3n) is 3.43.